The average Bonchev–Trinajstić information content (AvgIpc) is 3.60. The highest BCUT2D eigenvalue weighted by atomic mass is 35.5. The number of aromatic nitrogens is 3. The molecule has 2 aromatic heterocycles. The molecule has 170 valence electrons. The third-order valence-electron chi connectivity index (χ3n) is 4.44. The molecule has 0 unspecified atom stereocenters. The minimum atomic E-state index is 0.0772. The largest absolute Gasteiger partial charge is 0.392 e. The normalized spacial score (nSPS) is 11.9. The van der Waals surface area contributed by atoms with E-state index in [9.17, 15) is 0 Å². The fourth-order valence-corrected chi connectivity index (χ4v) is 2.96. The number of anilines is 3. The Kier molecular flexibility index (Phi) is 10.4. The van der Waals surface area contributed by atoms with Crippen LogP contribution in [0.2, 0.25) is 5.02 Å². The van der Waals surface area contributed by atoms with Crippen LogP contribution in [-0.4, -0.2) is 32.6 Å². The van der Waals surface area contributed by atoms with Crippen molar-refractivity contribution in [2.45, 2.75) is 39.3 Å². The molecule has 0 saturated heterocycles. The molecule has 4 rings (SSSR count). The van der Waals surface area contributed by atoms with Crippen molar-refractivity contribution in [3.63, 3.8) is 0 Å². The van der Waals surface area contributed by atoms with E-state index in [0.717, 1.165) is 28.2 Å². The topological polar surface area (TPSA) is 98.9 Å². The van der Waals surface area contributed by atoms with E-state index in [1.807, 2.05) is 36.9 Å². The summed E-state index contributed by atoms with van der Waals surface area (Å²) < 4.78 is 1.99. The number of hydrogen-bond donors (Lipinski definition) is 4. The van der Waals surface area contributed by atoms with E-state index in [0.29, 0.717) is 17.6 Å². The van der Waals surface area contributed by atoms with Gasteiger partial charge in [0.15, 0.2) is 0 Å². The summed E-state index contributed by atoms with van der Waals surface area (Å²) in [5, 5.41) is 27.5. The first kappa shape index (κ1) is 25.1. The second kappa shape index (κ2) is 13.3. The number of aliphatic hydroxyl groups is 1. The number of benzene rings is 1. The molecule has 1 aliphatic carbocycles. The standard InChI is InChI=1S/C16H18ClN5.C6H7NO.C2H6/c1-2-5-19-16-7-15(11(8-18)6-14(16)17)21-12-9-20-22(10-12)13-3-4-13;8-5-6-2-1-3-7-4-6;1-2/h2,6-10,13,18-19,21H,1,3-5H2;1-4,8H,5H2;1-2H3. The zero-order valence-electron chi connectivity index (χ0n) is 18.6. The number of pyridine rings is 1. The number of hydrogen-bond acceptors (Lipinski definition) is 6. The lowest BCUT2D eigenvalue weighted by Gasteiger charge is -2.13. The smallest absolute Gasteiger partial charge is 0.0770 e. The third kappa shape index (κ3) is 7.51. The molecule has 32 heavy (non-hydrogen) atoms. The summed E-state index contributed by atoms with van der Waals surface area (Å²) in [6, 6.07) is 7.85. The minimum absolute atomic E-state index is 0.0772. The molecule has 1 aliphatic rings. The molecule has 4 N–H and O–H groups in total. The summed E-state index contributed by atoms with van der Waals surface area (Å²) in [5.74, 6) is 0. The van der Waals surface area contributed by atoms with Gasteiger partial charge < -0.3 is 21.1 Å². The van der Waals surface area contributed by atoms with Crippen molar-refractivity contribution in [2.24, 2.45) is 0 Å². The van der Waals surface area contributed by atoms with Gasteiger partial charge in [-0.3, -0.25) is 9.67 Å². The Bertz CT molecular complexity index is 985. The van der Waals surface area contributed by atoms with Crippen LogP contribution in [0.1, 0.15) is 43.9 Å². The molecular formula is C24H31ClN6O. The first-order valence-electron chi connectivity index (χ1n) is 10.6. The van der Waals surface area contributed by atoms with Gasteiger partial charge in [0.1, 0.15) is 0 Å². The van der Waals surface area contributed by atoms with Gasteiger partial charge in [0.05, 0.1) is 35.2 Å². The Morgan fingerprint density at radius 3 is 2.62 bits per heavy atom. The van der Waals surface area contributed by atoms with Crippen molar-refractivity contribution >= 4 is 34.9 Å². The SMILES string of the molecule is C=CCNc1cc(Nc2cnn(C3CC3)c2)c(C=N)cc1Cl.CC.OCc1cccnc1. The van der Waals surface area contributed by atoms with Crippen LogP contribution in [0.15, 0.2) is 61.7 Å². The molecule has 0 aliphatic heterocycles. The lowest BCUT2D eigenvalue weighted by Crippen LogP contribution is -2.02. The van der Waals surface area contributed by atoms with Crippen LogP contribution in [-0.2, 0) is 6.61 Å². The molecule has 1 saturated carbocycles. The van der Waals surface area contributed by atoms with Crippen molar-refractivity contribution in [3.05, 3.63) is 77.9 Å². The number of halogens is 1. The molecule has 8 heteroatoms. The summed E-state index contributed by atoms with van der Waals surface area (Å²) in [6.45, 7) is 8.39. The molecule has 1 aromatic carbocycles. The number of rotatable bonds is 8. The fourth-order valence-electron chi connectivity index (χ4n) is 2.72. The Morgan fingerprint density at radius 2 is 2.06 bits per heavy atom. The Hall–Kier alpha value is -3.16. The minimum Gasteiger partial charge on any atom is -0.392 e. The van der Waals surface area contributed by atoms with Gasteiger partial charge >= 0.3 is 0 Å². The van der Waals surface area contributed by atoms with E-state index < -0.39 is 0 Å². The van der Waals surface area contributed by atoms with Gasteiger partial charge in [-0.2, -0.15) is 5.10 Å². The van der Waals surface area contributed by atoms with Crippen LogP contribution in [0.4, 0.5) is 17.1 Å². The second-order valence-electron chi connectivity index (χ2n) is 6.82. The zero-order chi connectivity index (χ0) is 23.3. The third-order valence-corrected chi connectivity index (χ3v) is 4.75. The predicted molar refractivity (Wildman–Crippen MR) is 133 cm³/mol. The second-order valence-corrected chi connectivity index (χ2v) is 7.23. The van der Waals surface area contributed by atoms with Crippen LogP contribution in [0, 0.1) is 5.41 Å². The Morgan fingerprint density at radius 1 is 1.28 bits per heavy atom. The van der Waals surface area contributed by atoms with Crippen molar-refractivity contribution in [2.75, 3.05) is 17.2 Å². The van der Waals surface area contributed by atoms with Crippen LogP contribution >= 0.6 is 11.6 Å². The van der Waals surface area contributed by atoms with Crippen molar-refractivity contribution < 1.29 is 5.11 Å². The highest BCUT2D eigenvalue weighted by molar-refractivity contribution is 6.33. The van der Waals surface area contributed by atoms with Crippen LogP contribution < -0.4 is 10.6 Å². The van der Waals surface area contributed by atoms with Crippen molar-refractivity contribution in [3.8, 4) is 0 Å². The van der Waals surface area contributed by atoms with Crippen molar-refractivity contribution in [1.82, 2.24) is 14.8 Å². The maximum Gasteiger partial charge on any atom is 0.0770 e. The molecule has 1 fully saturated rings. The van der Waals surface area contributed by atoms with Crippen molar-refractivity contribution in [1.29, 1.82) is 5.41 Å². The van der Waals surface area contributed by atoms with E-state index in [1.54, 1.807) is 36.8 Å². The van der Waals surface area contributed by atoms with Gasteiger partial charge in [0.2, 0.25) is 0 Å². The molecule has 0 spiro atoms. The lowest BCUT2D eigenvalue weighted by atomic mass is 10.1. The van der Waals surface area contributed by atoms with Crippen LogP contribution in [0.3, 0.4) is 0 Å². The Balaban J connectivity index is 0.000000304. The molecule has 0 amide bonds. The van der Waals surface area contributed by atoms with E-state index >= 15 is 0 Å². The van der Waals surface area contributed by atoms with Crippen LogP contribution in [0.25, 0.3) is 0 Å². The molecule has 0 atom stereocenters. The molecular weight excluding hydrogens is 424 g/mol. The van der Waals surface area contributed by atoms with E-state index in [2.05, 4.69) is 27.3 Å². The quantitative estimate of drug-likeness (QED) is 0.254. The number of aliphatic hydroxyl groups excluding tert-OH is 1. The van der Waals surface area contributed by atoms with Gasteiger partial charge in [-0.05, 0) is 36.6 Å². The first-order chi connectivity index (χ1) is 15.6. The summed E-state index contributed by atoms with van der Waals surface area (Å²) >= 11 is 6.23. The van der Waals surface area contributed by atoms with E-state index in [4.69, 9.17) is 22.1 Å². The average molecular weight is 455 g/mol. The molecule has 7 nitrogen and oxygen atoms in total. The Labute approximate surface area is 194 Å². The van der Waals surface area contributed by atoms with Gasteiger partial charge in [0, 0.05) is 42.6 Å². The maximum atomic E-state index is 8.50. The lowest BCUT2D eigenvalue weighted by molar-refractivity contribution is 0.281. The zero-order valence-corrected chi connectivity index (χ0v) is 19.3. The molecule has 3 aromatic rings. The van der Waals surface area contributed by atoms with Gasteiger partial charge in [-0.15, -0.1) is 6.58 Å². The maximum absolute atomic E-state index is 8.50. The van der Waals surface area contributed by atoms with Gasteiger partial charge in [-0.1, -0.05) is 37.6 Å². The van der Waals surface area contributed by atoms with E-state index in [-0.39, 0.29) is 6.61 Å². The fraction of sp³-hybridized carbons (Fsp3) is 0.292. The monoisotopic (exact) mass is 454 g/mol. The molecule has 2 heterocycles. The van der Waals surface area contributed by atoms with Gasteiger partial charge in [0.25, 0.3) is 0 Å². The molecule has 0 bridgehead atoms. The first-order valence-corrected chi connectivity index (χ1v) is 11.0. The summed E-state index contributed by atoms with van der Waals surface area (Å²) in [7, 11) is 0. The summed E-state index contributed by atoms with van der Waals surface area (Å²) in [4.78, 5) is 3.80. The highest BCUT2D eigenvalue weighted by Crippen LogP contribution is 2.35. The van der Waals surface area contributed by atoms with Crippen LogP contribution in [0.5, 0.6) is 0 Å². The molecule has 0 radical (unpaired) electrons. The predicted octanol–water partition coefficient (Wildman–Crippen LogP) is 5.81. The summed E-state index contributed by atoms with van der Waals surface area (Å²) in [6.07, 6.45) is 12.6. The number of nitrogens with one attached hydrogen (secondary N) is 3. The van der Waals surface area contributed by atoms with Gasteiger partial charge in [-0.25, -0.2) is 0 Å². The highest BCUT2D eigenvalue weighted by Gasteiger charge is 2.24. The van der Waals surface area contributed by atoms with E-state index in [1.165, 1.54) is 19.1 Å². The number of nitrogens with zero attached hydrogens (tertiary/aromatic N) is 3. The summed E-state index contributed by atoms with van der Waals surface area (Å²) in [5.41, 5.74) is 4.12.